The average molecular weight is 589 g/mol. The van der Waals surface area contributed by atoms with Gasteiger partial charge in [-0.2, -0.15) is 0 Å². The summed E-state index contributed by atoms with van der Waals surface area (Å²) in [6.07, 6.45) is 18.0. The van der Waals surface area contributed by atoms with Crippen molar-refractivity contribution < 1.29 is 14.0 Å². The molecule has 0 amide bonds. The van der Waals surface area contributed by atoms with E-state index in [0.29, 0.717) is 6.73 Å². The van der Waals surface area contributed by atoms with Gasteiger partial charge < -0.3 is 9.30 Å². The standard InChI is InChI=1S/C38H58N3O2/c1-7-8-9-10-11-12-13-14-15-16-23-38(4,5)37(42)43-29-41(6)25-22-36-34(28-41)33-26-30(2)17-20-35(33)40(36)24-21-32-19-18-31(3)39-27-32/h17-20,26-27H,7-16,21-25,28-29H2,1-6H3/q+1. The first-order chi connectivity index (χ1) is 20.6. The molecule has 0 fully saturated rings. The van der Waals surface area contributed by atoms with Crippen LogP contribution in [-0.2, 0) is 35.5 Å². The van der Waals surface area contributed by atoms with Crippen molar-refractivity contribution >= 4 is 16.9 Å². The number of carbonyl (C=O) groups excluding carboxylic acids is 1. The quantitative estimate of drug-likeness (QED) is 0.0897. The SMILES string of the molecule is CCCCCCCCCCCCC(C)(C)C(=O)OC[N+]1(C)CCc2c(c3cc(C)ccc3n2CCc2ccc(C)nc2)C1. The summed E-state index contributed by atoms with van der Waals surface area (Å²) in [5, 5.41) is 1.36. The summed E-state index contributed by atoms with van der Waals surface area (Å²) in [6, 6.07) is 11.2. The lowest BCUT2D eigenvalue weighted by molar-refractivity contribution is -0.940. The number of carbonyl (C=O) groups is 1. The van der Waals surface area contributed by atoms with Crippen LogP contribution >= 0.6 is 0 Å². The maximum absolute atomic E-state index is 13.2. The summed E-state index contributed by atoms with van der Waals surface area (Å²) in [4.78, 5) is 17.7. The van der Waals surface area contributed by atoms with Crippen LogP contribution in [0.5, 0.6) is 0 Å². The molecule has 0 aliphatic carbocycles. The molecule has 0 bridgehead atoms. The fraction of sp³-hybridized carbons (Fsp3) is 0.632. The van der Waals surface area contributed by atoms with Crippen LogP contribution < -0.4 is 0 Å². The Balaban J connectivity index is 1.30. The monoisotopic (exact) mass is 588 g/mol. The Morgan fingerprint density at radius 3 is 2.35 bits per heavy atom. The molecule has 1 aliphatic heterocycles. The molecular formula is C38H58N3O2+. The average Bonchev–Trinajstić information content (AvgIpc) is 3.27. The van der Waals surface area contributed by atoms with Gasteiger partial charge in [0.25, 0.3) is 0 Å². The van der Waals surface area contributed by atoms with Crippen molar-refractivity contribution in [2.75, 3.05) is 20.3 Å². The van der Waals surface area contributed by atoms with Crippen molar-refractivity contribution in [1.82, 2.24) is 9.55 Å². The second-order valence-corrected chi connectivity index (χ2v) is 14.3. The van der Waals surface area contributed by atoms with Crippen LogP contribution in [0.2, 0.25) is 0 Å². The zero-order chi connectivity index (χ0) is 30.9. The molecule has 0 N–H and O–H groups in total. The van der Waals surface area contributed by atoms with Gasteiger partial charge in [0, 0.05) is 47.0 Å². The smallest absolute Gasteiger partial charge is 0.315 e. The van der Waals surface area contributed by atoms with E-state index in [1.165, 1.54) is 91.1 Å². The first-order valence-corrected chi connectivity index (χ1v) is 17.1. The molecule has 0 radical (unpaired) electrons. The Bertz CT molecular complexity index is 1320. The summed E-state index contributed by atoms with van der Waals surface area (Å²) in [5.74, 6) is -0.0430. The Labute approximate surface area is 261 Å². The molecule has 236 valence electrons. The van der Waals surface area contributed by atoms with Gasteiger partial charge >= 0.3 is 5.97 Å². The second kappa shape index (κ2) is 15.4. The lowest BCUT2D eigenvalue weighted by Crippen LogP contribution is -2.50. The van der Waals surface area contributed by atoms with Crippen molar-refractivity contribution in [3.05, 3.63) is 64.6 Å². The predicted octanol–water partition coefficient (Wildman–Crippen LogP) is 9.24. The number of esters is 1. The molecule has 43 heavy (non-hydrogen) atoms. The fourth-order valence-corrected chi connectivity index (χ4v) is 6.71. The van der Waals surface area contributed by atoms with Gasteiger partial charge in [-0.25, -0.2) is 0 Å². The molecule has 4 rings (SSSR count). The minimum atomic E-state index is -0.432. The number of nitrogens with zero attached hydrogens (tertiary/aromatic N) is 3. The molecule has 0 saturated heterocycles. The number of likely N-dealkylation sites (N-methyl/N-ethyl adjacent to an activating group) is 1. The van der Waals surface area contributed by atoms with Crippen LogP contribution in [0.3, 0.4) is 0 Å². The molecule has 1 unspecified atom stereocenters. The Kier molecular flexibility index (Phi) is 11.9. The molecular weight excluding hydrogens is 530 g/mol. The molecule has 1 aromatic carbocycles. The number of fused-ring (bicyclic) bond motifs is 3. The van der Waals surface area contributed by atoms with Gasteiger partial charge in [-0.15, -0.1) is 0 Å². The number of unbranched alkanes of at least 4 members (excludes halogenated alkanes) is 9. The molecule has 2 aromatic heterocycles. The minimum Gasteiger partial charge on any atom is -0.415 e. The van der Waals surface area contributed by atoms with Crippen LogP contribution in [0, 0.1) is 19.3 Å². The van der Waals surface area contributed by atoms with Gasteiger partial charge in [-0.05, 0) is 64.3 Å². The minimum absolute atomic E-state index is 0.0430. The van der Waals surface area contributed by atoms with E-state index in [0.717, 1.165) is 55.5 Å². The van der Waals surface area contributed by atoms with Crippen molar-refractivity contribution in [2.24, 2.45) is 5.41 Å². The molecule has 1 aliphatic rings. The highest BCUT2D eigenvalue weighted by Crippen LogP contribution is 2.35. The van der Waals surface area contributed by atoms with Gasteiger partial charge in [0.05, 0.1) is 19.0 Å². The number of pyridine rings is 1. The van der Waals surface area contributed by atoms with Crippen LogP contribution in [0.25, 0.3) is 10.9 Å². The summed E-state index contributed by atoms with van der Waals surface area (Å²) < 4.78 is 9.36. The number of benzene rings is 1. The van der Waals surface area contributed by atoms with E-state index in [1.807, 2.05) is 13.1 Å². The summed E-state index contributed by atoms with van der Waals surface area (Å²) in [6.45, 7) is 13.9. The van der Waals surface area contributed by atoms with E-state index in [9.17, 15) is 4.79 Å². The number of aryl methyl sites for hydroxylation is 4. The molecule has 3 aromatic rings. The number of rotatable bonds is 17. The number of ether oxygens (including phenoxy) is 1. The number of aromatic nitrogens is 2. The molecule has 3 heterocycles. The first-order valence-electron chi connectivity index (χ1n) is 17.1. The molecule has 1 atom stereocenters. The Morgan fingerprint density at radius 2 is 1.67 bits per heavy atom. The maximum atomic E-state index is 13.2. The third kappa shape index (κ3) is 9.17. The van der Waals surface area contributed by atoms with Crippen molar-refractivity contribution in [2.45, 2.75) is 131 Å². The maximum Gasteiger partial charge on any atom is 0.315 e. The summed E-state index contributed by atoms with van der Waals surface area (Å²) in [7, 11) is 2.25. The van der Waals surface area contributed by atoms with Crippen molar-refractivity contribution in [3.63, 3.8) is 0 Å². The summed E-state index contributed by atoms with van der Waals surface area (Å²) >= 11 is 0. The van der Waals surface area contributed by atoms with Crippen LogP contribution in [0.4, 0.5) is 0 Å². The zero-order valence-corrected chi connectivity index (χ0v) is 28.1. The summed E-state index contributed by atoms with van der Waals surface area (Å²) in [5.41, 5.74) is 7.38. The van der Waals surface area contributed by atoms with E-state index in [1.54, 1.807) is 0 Å². The van der Waals surface area contributed by atoms with Crippen LogP contribution in [-0.4, -0.2) is 40.3 Å². The number of hydrogen-bond acceptors (Lipinski definition) is 3. The molecule has 0 saturated carbocycles. The third-order valence-corrected chi connectivity index (χ3v) is 9.68. The molecule has 5 nitrogen and oxygen atoms in total. The predicted molar refractivity (Wildman–Crippen MR) is 179 cm³/mol. The zero-order valence-electron chi connectivity index (χ0n) is 28.1. The fourth-order valence-electron chi connectivity index (χ4n) is 6.71. The number of hydrogen-bond donors (Lipinski definition) is 0. The second-order valence-electron chi connectivity index (χ2n) is 14.3. The highest BCUT2D eigenvalue weighted by molar-refractivity contribution is 5.86. The van der Waals surface area contributed by atoms with E-state index in [-0.39, 0.29) is 5.97 Å². The van der Waals surface area contributed by atoms with Crippen LogP contribution in [0.15, 0.2) is 36.5 Å². The van der Waals surface area contributed by atoms with Gasteiger partial charge in [-0.1, -0.05) is 88.8 Å². The normalized spacial score (nSPS) is 16.9. The van der Waals surface area contributed by atoms with Gasteiger partial charge in [-0.3, -0.25) is 14.3 Å². The Hall–Kier alpha value is -2.66. The first kappa shape index (κ1) is 33.2. The lowest BCUT2D eigenvalue weighted by atomic mass is 9.87. The molecule has 5 heteroatoms. The lowest BCUT2D eigenvalue weighted by Gasteiger charge is -2.38. The van der Waals surface area contributed by atoms with E-state index < -0.39 is 5.41 Å². The third-order valence-electron chi connectivity index (χ3n) is 9.68. The van der Waals surface area contributed by atoms with Gasteiger partial charge in [0.1, 0.15) is 6.54 Å². The largest absolute Gasteiger partial charge is 0.415 e. The Morgan fingerprint density at radius 1 is 0.977 bits per heavy atom. The van der Waals surface area contributed by atoms with Gasteiger partial charge in [0.15, 0.2) is 0 Å². The van der Waals surface area contributed by atoms with Crippen LogP contribution in [0.1, 0.15) is 119 Å². The number of quaternary nitrogens is 1. The van der Waals surface area contributed by atoms with Gasteiger partial charge in [0.2, 0.25) is 6.73 Å². The molecule has 0 spiro atoms. The highest BCUT2D eigenvalue weighted by atomic mass is 16.5. The van der Waals surface area contributed by atoms with E-state index in [4.69, 9.17) is 4.74 Å². The highest BCUT2D eigenvalue weighted by Gasteiger charge is 2.36. The van der Waals surface area contributed by atoms with Crippen molar-refractivity contribution in [1.29, 1.82) is 0 Å². The van der Waals surface area contributed by atoms with E-state index >= 15 is 0 Å². The topological polar surface area (TPSA) is 44.1 Å². The van der Waals surface area contributed by atoms with E-state index in [2.05, 4.69) is 74.6 Å². The van der Waals surface area contributed by atoms with Crippen molar-refractivity contribution in [3.8, 4) is 0 Å².